The van der Waals surface area contributed by atoms with Gasteiger partial charge in [0, 0.05) is 0 Å². The number of nitrogens with two attached hydrogens (primary N) is 1. The van der Waals surface area contributed by atoms with Crippen LogP contribution >= 0.6 is 11.6 Å². The zero-order valence-corrected chi connectivity index (χ0v) is 10.4. The lowest BCUT2D eigenvalue weighted by Gasteiger charge is -2.19. The maximum atomic E-state index is 5.91. The highest BCUT2D eigenvalue weighted by molar-refractivity contribution is 6.33. The van der Waals surface area contributed by atoms with E-state index in [1.54, 1.807) is 6.07 Å². The van der Waals surface area contributed by atoms with Gasteiger partial charge in [-0.25, -0.2) is 0 Å². The largest absolute Gasteiger partial charge is 0.486 e. The van der Waals surface area contributed by atoms with Gasteiger partial charge in [-0.05, 0) is 35.4 Å². The van der Waals surface area contributed by atoms with E-state index < -0.39 is 0 Å². The summed E-state index contributed by atoms with van der Waals surface area (Å²) in [6.07, 6.45) is 0. The van der Waals surface area contributed by atoms with E-state index in [0.717, 1.165) is 22.6 Å². The van der Waals surface area contributed by atoms with Crippen molar-refractivity contribution in [2.24, 2.45) is 0 Å². The standard InChI is InChI=1S/C14H12ClNO2/c15-11-3-1-9(7-12(11)16)10-2-4-13-14(8-10)18-6-5-17-13/h1-4,7-8H,5-6,16H2. The molecule has 2 aromatic carbocycles. The van der Waals surface area contributed by atoms with E-state index in [2.05, 4.69) is 0 Å². The first kappa shape index (κ1) is 11.2. The van der Waals surface area contributed by atoms with Gasteiger partial charge in [-0.2, -0.15) is 0 Å². The highest BCUT2D eigenvalue weighted by atomic mass is 35.5. The van der Waals surface area contributed by atoms with Gasteiger partial charge in [0.2, 0.25) is 0 Å². The Balaban J connectivity index is 2.03. The van der Waals surface area contributed by atoms with Crippen LogP contribution in [0.3, 0.4) is 0 Å². The molecule has 3 rings (SSSR count). The van der Waals surface area contributed by atoms with Gasteiger partial charge in [0.25, 0.3) is 0 Å². The number of hydrogen-bond acceptors (Lipinski definition) is 3. The normalized spacial score (nSPS) is 13.4. The summed E-state index contributed by atoms with van der Waals surface area (Å²) in [5.74, 6) is 1.55. The third-order valence-corrected chi connectivity index (χ3v) is 3.22. The van der Waals surface area contributed by atoms with Crippen molar-refractivity contribution in [1.82, 2.24) is 0 Å². The predicted octanol–water partition coefficient (Wildman–Crippen LogP) is 3.36. The molecule has 0 saturated carbocycles. The number of ether oxygens (including phenoxy) is 2. The fourth-order valence-corrected chi connectivity index (χ4v) is 2.06. The lowest BCUT2D eigenvalue weighted by atomic mass is 10.0. The Labute approximate surface area is 110 Å². The number of anilines is 1. The van der Waals surface area contributed by atoms with Crippen LogP contribution in [0.1, 0.15) is 0 Å². The zero-order valence-electron chi connectivity index (χ0n) is 9.65. The quantitative estimate of drug-likeness (QED) is 0.801. The fourth-order valence-electron chi connectivity index (χ4n) is 1.95. The van der Waals surface area contributed by atoms with Crippen molar-refractivity contribution in [2.75, 3.05) is 18.9 Å². The lowest BCUT2D eigenvalue weighted by molar-refractivity contribution is 0.171. The summed E-state index contributed by atoms with van der Waals surface area (Å²) in [4.78, 5) is 0. The molecule has 0 radical (unpaired) electrons. The summed E-state index contributed by atoms with van der Waals surface area (Å²) in [7, 11) is 0. The van der Waals surface area contributed by atoms with E-state index in [4.69, 9.17) is 26.8 Å². The van der Waals surface area contributed by atoms with Crippen molar-refractivity contribution in [1.29, 1.82) is 0 Å². The second-order valence-electron chi connectivity index (χ2n) is 4.09. The van der Waals surface area contributed by atoms with E-state index in [9.17, 15) is 0 Å². The minimum atomic E-state index is 0.566. The first-order valence-electron chi connectivity index (χ1n) is 5.69. The maximum absolute atomic E-state index is 5.91. The third kappa shape index (κ3) is 1.97. The molecule has 18 heavy (non-hydrogen) atoms. The minimum absolute atomic E-state index is 0.566. The number of rotatable bonds is 1. The van der Waals surface area contributed by atoms with Gasteiger partial charge in [0.05, 0.1) is 10.7 Å². The van der Waals surface area contributed by atoms with Crippen LogP contribution in [0.25, 0.3) is 11.1 Å². The van der Waals surface area contributed by atoms with Gasteiger partial charge in [0.15, 0.2) is 11.5 Å². The predicted molar refractivity (Wildman–Crippen MR) is 72.3 cm³/mol. The Bertz CT molecular complexity index is 598. The van der Waals surface area contributed by atoms with Crippen molar-refractivity contribution in [2.45, 2.75) is 0 Å². The molecule has 2 N–H and O–H groups in total. The highest BCUT2D eigenvalue weighted by Gasteiger charge is 2.12. The number of hydrogen-bond donors (Lipinski definition) is 1. The molecule has 0 amide bonds. The Morgan fingerprint density at radius 2 is 1.56 bits per heavy atom. The SMILES string of the molecule is Nc1cc(-c2ccc3c(c2)OCCO3)ccc1Cl. The van der Waals surface area contributed by atoms with Crippen LogP contribution < -0.4 is 15.2 Å². The lowest BCUT2D eigenvalue weighted by Crippen LogP contribution is -2.15. The zero-order chi connectivity index (χ0) is 12.5. The van der Waals surface area contributed by atoms with Crippen LogP contribution in [-0.4, -0.2) is 13.2 Å². The molecule has 0 atom stereocenters. The van der Waals surface area contributed by atoms with E-state index in [1.165, 1.54) is 0 Å². The Hall–Kier alpha value is -1.87. The topological polar surface area (TPSA) is 44.5 Å². The fraction of sp³-hybridized carbons (Fsp3) is 0.143. The molecular weight excluding hydrogens is 250 g/mol. The van der Waals surface area contributed by atoms with Gasteiger partial charge < -0.3 is 15.2 Å². The van der Waals surface area contributed by atoms with Gasteiger partial charge >= 0.3 is 0 Å². The molecule has 4 heteroatoms. The summed E-state index contributed by atoms with van der Waals surface area (Å²) < 4.78 is 11.0. The van der Waals surface area contributed by atoms with Crippen molar-refractivity contribution in [3.8, 4) is 22.6 Å². The third-order valence-electron chi connectivity index (χ3n) is 2.87. The molecule has 2 aromatic rings. The second kappa shape index (κ2) is 4.42. The number of nitrogen functional groups attached to an aromatic ring is 1. The first-order chi connectivity index (χ1) is 8.74. The minimum Gasteiger partial charge on any atom is -0.486 e. The summed E-state index contributed by atoms with van der Waals surface area (Å²) in [6.45, 7) is 1.18. The van der Waals surface area contributed by atoms with Gasteiger partial charge in [-0.3, -0.25) is 0 Å². The molecule has 1 aliphatic heterocycles. The van der Waals surface area contributed by atoms with Crippen LogP contribution in [0.2, 0.25) is 5.02 Å². The van der Waals surface area contributed by atoms with Crippen molar-refractivity contribution in [3.05, 3.63) is 41.4 Å². The van der Waals surface area contributed by atoms with Crippen molar-refractivity contribution >= 4 is 17.3 Å². The van der Waals surface area contributed by atoms with Gasteiger partial charge in [-0.1, -0.05) is 23.7 Å². The van der Waals surface area contributed by atoms with Gasteiger partial charge in [-0.15, -0.1) is 0 Å². The smallest absolute Gasteiger partial charge is 0.161 e. The summed E-state index contributed by atoms with van der Waals surface area (Å²) >= 11 is 5.91. The summed E-state index contributed by atoms with van der Waals surface area (Å²) in [5, 5.41) is 0.566. The number of fused-ring (bicyclic) bond motifs is 1. The van der Waals surface area contributed by atoms with E-state index in [1.807, 2.05) is 30.3 Å². The highest BCUT2D eigenvalue weighted by Crippen LogP contribution is 2.35. The van der Waals surface area contributed by atoms with Crippen LogP contribution in [0.4, 0.5) is 5.69 Å². The molecule has 0 unspecified atom stereocenters. The molecule has 92 valence electrons. The first-order valence-corrected chi connectivity index (χ1v) is 6.07. The molecule has 0 fully saturated rings. The average Bonchev–Trinajstić information content (AvgIpc) is 2.41. The Morgan fingerprint density at radius 3 is 2.33 bits per heavy atom. The molecule has 0 spiro atoms. The molecule has 3 nitrogen and oxygen atoms in total. The molecule has 1 aliphatic rings. The number of halogens is 1. The molecule has 0 saturated heterocycles. The molecule has 0 bridgehead atoms. The summed E-state index contributed by atoms with van der Waals surface area (Å²) in [5.41, 5.74) is 8.42. The molecular formula is C14H12ClNO2. The molecule has 1 heterocycles. The Morgan fingerprint density at radius 1 is 0.889 bits per heavy atom. The van der Waals surface area contributed by atoms with Crippen LogP contribution in [-0.2, 0) is 0 Å². The van der Waals surface area contributed by atoms with E-state index in [-0.39, 0.29) is 0 Å². The summed E-state index contributed by atoms with van der Waals surface area (Å²) in [6, 6.07) is 11.4. The second-order valence-corrected chi connectivity index (χ2v) is 4.50. The monoisotopic (exact) mass is 261 g/mol. The molecule has 0 aliphatic carbocycles. The van der Waals surface area contributed by atoms with Crippen LogP contribution in [0.15, 0.2) is 36.4 Å². The Kier molecular flexibility index (Phi) is 2.76. The van der Waals surface area contributed by atoms with Crippen molar-refractivity contribution < 1.29 is 9.47 Å². The average molecular weight is 262 g/mol. The van der Waals surface area contributed by atoms with E-state index in [0.29, 0.717) is 23.9 Å². The number of benzene rings is 2. The van der Waals surface area contributed by atoms with Crippen molar-refractivity contribution in [3.63, 3.8) is 0 Å². The van der Waals surface area contributed by atoms with E-state index >= 15 is 0 Å². The van der Waals surface area contributed by atoms with Gasteiger partial charge in [0.1, 0.15) is 13.2 Å². The van der Waals surface area contributed by atoms with Crippen LogP contribution in [0, 0.1) is 0 Å². The molecule has 0 aromatic heterocycles. The maximum Gasteiger partial charge on any atom is 0.161 e. The van der Waals surface area contributed by atoms with Crippen LogP contribution in [0.5, 0.6) is 11.5 Å².